The Labute approximate surface area is 88.8 Å². The highest BCUT2D eigenvalue weighted by Crippen LogP contribution is 2.11. The summed E-state index contributed by atoms with van der Waals surface area (Å²) in [6, 6.07) is 5.59. The van der Waals surface area contributed by atoms with E-state index in [9.17, 15) is 13.2 Å². The number of sulfonamides is 1. The number of benzene rings is 1. The molecule has 84 valence electrons. The van der Waals surface area contributed by atoms with Crippen LogP contribution >= 0.6 is 0 Å². The summed E-state index contributed by atoms with van der Waals surface area (Å²) >= 11 is 0. The van der Waals surface area contributed by atoms with Crippen LogP contribution in [0.25, 0.3) is 0 Å². The fourth-order valence-corrected chi connectivity index (χ4v) is 1.48. The maximum absolute atomic E-state index is 10.8. The van der Waals surface area contributed by atoms with Crippen LogP contribution in [0.1, 0.15) is 17.8 Å². The molecule has 2 N–H and O–H groups in total. The molecule has 0 spiro atoms. The zero-order chi connectivity index (χ0) is 10.8. The second-order valence-electron chi connectivity index (χ2n) is 2.76. The predicted octanol–water partition coefficient (Wildman–Crippen LogP) is 1.39. The van der Waals surface area contributed by atoms with E-state index in [1.165, 1.54) is 24.3 Å². The van der Waals surface area contributed by atoms with Crippen molar-refractivity contribution >= 4 is 21.7 Å². The second kappa shape index (κ2) is 4.79. The minimum Gasteiger partial charge on any atom is -0.478 e. The normalized spacial score (nSPS) is 10.2. The van der Waals surface area contributed by atoms with Crippen molar-refractivity contribution in [3.63, 3.8) is 0 Å². The molecule has 0 aliphatic heterocycles. The third-order valence-corrected chi connectivity index (χ3v) is 2.02. The van der Waals surface area contributed by atoms with Crippen LogP contribution in [0.3, 0.4) is 0 Å². The van der Waals surface area contributed by atoms with E-state index in [4.69, 9.17) is 5.11 Å². The first-order valence-corrected chi connectivity index (χ1v) is 5.59. The van der Waals surface area contributed by atoms with E-state index >= 15 is 0 Å². The van der Waals surface area contributed by atoms with Gasteiger partial charge in [0.2, 0.25) is 10.0 Å². The predicted molar refractivity (Wildman–Crippen MR) is 58.6 cm³/mol. The molecule has 0 unspecified atom stereocenters. The van der Waals surface area contributed by atoms with Crippen molar-refractivity contribution in [2.75, 3.05) is 11.0 Å². The Bertz CT molecular complexity index is 453. The molecule has 5 nitrogen and oxygen atoms in total. The van der Waals surface area contributed by atoms with Crippen molar-refractivity contribution in [2.45, 2.75) is 7.43 Å². The van der Waals surface area contributed by atoms with Gasteiger partial charge in [0.15, 0.2) is 0 Å². The molecule has 0 saturated heterocycles. The quantitative estimate of drug-likeness (QED) is 0.823. The summed E-state index contributed by atoms with van der Waals surface area (Å²) in [5.74, 6) is -1.10. The van der Waals surface area contributed by atoms with Crippen LogP contribution in [-0.2, 0) is 10.0 Å². The maximum Gasteiger partial charge on any atom is 0.335 e. The van der Waals surface area contributed by atoms with Crippen LogP contribution in [0.5, 0.6) is 0 Å². The van der Waals surface area contributed by atoms with Crippen LogP contribution in [0, 0.1) is 0 Å². The van der Waals surface area contributed by atoms with E-state index in [1.807, 2.05) is 0 Å². The van der Waals surface area contributed by atoms with Gasteiger partial charge in [-0.1, -0.05) is 13.5 Å². The Morgan fingerprint density at radius 3 is 2.47 bits per heavy atom. The largest absolute Gasteiger partial charge is 0.478 e. The lowest BCUT2D eigenvalue weighted by molar-refractivity contribution is 0.0697. The average Bonchev–Trinajstić information content (AvgIpc) is 2.01. The topological polar surface area (TPSA) is 83.5 Å². The molecule has 1 aromatic rings. The van der Waals surface area contributed by atoms with E-state index in [2.05, 4.69) is 4.72 Å². The number of carboxylic acid groups (broad SMARTS) is 1. The molecule has 0 saturated carbocycles. The smallest absolute Gasteiger partial charge is 0.335 e. The summed E-state index contributed by atoms with van der Waals surface area (Å²) in [5, 5.41) is 8.63. The molecular formula is C9H13NO4S. The van der Waals surface area contributed by atoms with Crippen LogP contribution in [0.4, 0.5) is 5.69 Å². The molecule has 0 atom stereocenters. The van der Waals surface area contributed by atoms with E-state index in [1.54, 1.807) is 0 Å². The van der Waals surface area contributed by atoms with Gasteiger partial charge < -0.3 is 5.11 Å². The van der Waals surface area contributed by atoms with Crippen molar-refractivity contribution in [2.24, 2.45) is 0 Å². The second-order valence-corrected chi connectivity index (χ2v) is 4.51. The fraction of sp³-hybridized carbons (Fsp3) is 0.222. The average molecular weight is 231 g/mol. The van der Waals surface area contributed by atoms with Crippen LogP contribution in [-0.4, -0.2) is 25.7 Å². The third-order valence-electron chi connectivity index (χ3n) is 1.41. The molecule has 1 rings (SSSR count). The van der Waals surface area contributed by atoms with Crippen LogP contribution < -0.4 is 4.72 Å². The zero-order valence-electron chi connectivity index (χ0n) is 7.39. The molecule has 0 heterocycles. The molecule has 0 fully saturated rings. The summed E-state index contributed by atoms with van der Waals surface area (Å²) in [5.41, 5.74) is 0.283. The molecular weight excluding hydrogens is 218 g/mol. The Morgan fingerprint density at radius 2 is 2.00 bits per heavy atom. The summed E-state index contributed by atoms with van der Waals surface area (Å²) in [6.07, 6.45) is 1.00. The van der Waals surface area contributed by atoms with Crippen molar-refractivity contribution in [1.29, 1.82) is 0 Å². The van der Waals surface area contributed by atoms with E-state index in [0.717, 1.165) is 6.26 Å². The summed E-state index contributed by atoms with van der Waals surface area (Å²) < 4.78 is 23.8. The molecule has 0 amide bonds. The van der Waals surface area contributed by atoms with Gasteiger partial charge in [-0.2, -0.15) is 0 Å². The first kappa shape index (κ1) is 13.4. The number of hydrogen-bond acceptors (Lipinski definition) is 3. The highest BCUT2D eigenvalue weighted by Gasteiger charge is 2.05. The summed E-state index contributed by atoms with van der Waals surface area (Å²) in [4.78, 5) is 10.5. The number of hydrogen-bond donors (Lipinski definition) is 2. The number of rotatable bonds is 3. The lowest BCUT2D eigenvalue weighted by Gasteiger charge is -2.03. The van der Waals surface area contributed by atoms with Gasteiger partial charge in [-0.25, -0.2) is 13.2 Å². The number of aromatic carboxylic acids is 1. The molecule has 0 bridgehead atoms. The minimum atomic E-state index is -3.36. The SMILES string of the molecule is C.CS(=O)(=O)Nc1cccc(C(=O)O)c1. The third kappa shape index (κ3) is 4.46. The Kier molecular flexibility index (Phi) is 4.29. The first-order chi connectivity index (χ1) is 6.38. The molecule has 0 aromatic heterocycles. The molecule has 15 heavy (non-hydrogen) atoms. The fourth-order valence-electron chi connectivity index (χ4n) is 0.930. The van der Waals surface area contributed by atoms with Gasteiger partial charge in [-0.3, -0.25) is 4.72 Å². The van der Waals surface area contributed by atoms with Crippen molar-refractivity contribution in [3.05, 3.63) is 29.8 Å². The van der Waals surface area contributed by atoms with Gasteiger partial charge in [0.05, 0.1) is 11.8 Å². The number of carbonyl (C=O) groups is 1. The van der Waals surface area contributed by atoms with E-state index < -0.39 is 16.0 Å². The van der Waals surface area contributed by atoms with Gasteiger partial charge in [-0.05, 0) is 18.2 Å². The molecule has 0 aliphatic rings. The van der Waals surface area contributed by atoms with Gasteiger partial charge in [0, 0.05) is 5.69 Å². The van der Waals surface area contributed by atoms with Crippen LogP contribution in [0.15, 0.2) is 24.3 Å². The Balaban J connectivity index is 0.00000196. The lowest BCUT2D eigenvalue weighted by atomic mass is 10.2. The maximum atomic E-state index is 10.8. The highest BCUT2D eigenvalue weighted by molar-refractivity contribution is 7.92. The number of anilines is 1. The molecule has 0 radical (unpaired) electrons. The van der Waals surface area contributed by atoms with Gasteiger partial charge in [-0.15, -0.1) is 0 Å². The number of carboxylic acids is 1. The van der Waals surface area contributed by atoms with E-state index in [0.29, 0.717) is 0 Å². The van der Waals surface area contributed by atoms with Crippen LogP contribution in [0.2, 0.25) is 0 Å². The van der Waals surface area contributed by atoms with Crippen molar-refractivity contribution < 1.29 is 18.3 Å². The van der Waals surface area contributed by atoms with Gasteiger partial charge >= 0.3 is 5.97 Å². The zero-order valence-corrected chi connectivity index (χ0v) is 8.21. The first-order valence-electron chi connectivity index (χ1n) is 3.69. The standard InChI is InChI=1S/C8H9NO4S.CH4/c1-14(12,13)9-7-4-2-3-6(5-7)8(10)11;/h2-5,9H,1H3,(H,10,11);1H4. The van der Waals surface area contributed by atoms with E-state index in [-0.39, 0.29) is 18.7 Å². The minimum absolute atomic E-state index is 0. The Morgan fingerprint density at radius 1 is 1.40 bits per heavy atom. The van der Waals surface area contributed by atoms with Gasteiger partial charge in [0.1, 0.15) is 0 Å². The summed E-state index contributed by atoms with van der Waals surface area (Å²) in [7, 11) is -3.36. The van der Waals surface area contributed by atoms with Gasteiger partial charge in [0.25, 0.3) is 0 Å². The Hall–Kier alpha value is -1.56. The number of nitrogens with one attached hydrogen (secondary N) is 1. The molecule has 1 aromatic carbocycles. The monoisotopic (exact) mass is 231 g/mol. The van der Waals surface area contributed by atoms with Crippen molar-refractivity contribution in [3.8, 4) is 0 Å². The lowest BCUT2D eigenvalue weighted by Crippen LogP contribution is -2.10. The molecule has 0 aliphatic carbocycles. The molecule has 6 heteroatoms. The van der Waals surface area contributed by atoms with Crippen molar-refractivity contribution in [1.82, 2.24) is 0 Å². The summed E-state index contributed by atoms with van der Waals surface area (Å²) in [6.45, 7) is 0. The highest BCUT2D eigenvalue weighted by atomic mass is 32.2.